The first-order valence-electron chi connectivity index (χ1n) is 7.70. The minimum Gasteiger partial charge on any atom is -0.497 e. The molecule has 0 spiro atoms. The van der Waals surface area contributed by atoms with E-state index in [1.165, 1.54) is 0 Å². The maximum absolute atomic E-state index is 5.66. The number of guanidine groups is 1. The molecular formula is C16H24N6O2. The number of aromatic nitrogens is 3. The second-order valence-electron chi connectivity index (χ2n) is 5.10. The molecule has 1 heterocycles. The summed E-state index contributed by atoms with van der Waals surface area (Å²) in [6, 6.07) is 7.49. The molecule has 24 heavy (non-hydrogen) atoms. The van der Waals surface area contributed by atoms with Crippen molar-refractivity contribution in [3.63, 3.8) is 0 Å². The molecule has 0 unspecified atom stereocenters. The van der Waals surface area contributed by atoms with Gasteiger partial charge in [-0.05, 0) is 31.2 Å². The number of aliphatic imine (C=N–C) groups is 1. The van der Waals surface area contributed by atoms with Gasteiger partial charge in [0.2, 0.25) is 0 Å². The molecule has 2 rings (SSSR count). The molecule has 0 aliphatic rings. The van der Waals surface area contributed by atoms with E-state index in [1.54, 1.807) is 14.2 Å². The highest BCUT2D eigenvalue weighted by atomic mass is 16.5. The van der Waals surface area contributed by atoms with Gasteiger partial charge >= 0.3 is 0 Å². The van der Waals surface area contributed by atoms with Crippen LogP contribution >= 0.6 is 0 Å². The maximum atomic E-state index is 5.66. The number of methoxy groups -OCH3 is 1. The van der Waals surface area contributed by atoms with E-state index in [-0.39, 0.29) is 0 Å². The van der Waals surface area contributed by atoms with Crippen LogP contribution in [0.15, 0.2) is 29.3 Å². The van der Waals surface area contributed by atoms with Gasteiger partial charge in [-0.1, -0.05) is 0 Å². The third kappa shape index (κ3) is 4.87. The lowest BCUT2D eigenvalue weighted by atomic mass is 10.3. The van der Waals surface area contributed by atoms with Gasteiger partial charge in [-0.15, -0.1) is 10.2 Å². The number of hydrogen-bond acceptors (Lipinski definition) is 5. The Labute approximate surface area is 141 Å². The van der Waals surface area contributed by atoms with Crippen molar-refractivity contribution in [2.45, 2.75) is 13.5 Å². The average molecular weight is 332 g/mol. The average Bonchev–Trinajstić information content (AvgIpc) is 2.93. The second kappa shape index (κ2) is 8.76. The molecule has 8 nitrogen and oxygen atoms in total. The summed E-state index contributed by atoms with van der Waals surface area (Å²) in [4.78, 5) is 4.17. The zero-order chi connectivity index (χ0) is 17.4. The monoisotopic (exact) mass is 332 g/mol. The fourth-order valence-electron chi connectivity index (χ4n) is 2.00. The first kappa shape index (κ1) is 17.6. The minimum absolute atomic E-state index is 0.524. The molecule has 8 heteroatoms. The SMILES string of the molecule is CN=C(NCCOc1ccc(OC)cc1)NCc1nnc(C)n1C. The summed E-state index contributed by atoms with van der Waals surface area (Å²) in [6.07, 6.45) is 0. The van der Waals surface area contributed by atoms with Gasteiger partial charge in [0, 0.05) is 14.1 Å². The Morgan fingerprint density at radius 1 is 1.17 bits per heavy atom. The van der Waals surface area contributed by atoms with Crippen molar-refractivity contribution in [1.82, 2.24) is 25.4 Å². The first-order valence-corrected chi connectivity index (χ1v) is 7.70. The van der Waals surface area contributed by atoms with Crippen molar-refractivity contribution in [3.8, 4) is 11.5 Å². The Morgan fingerprint density at radius 2 is 1.88 bits per heavy atom. The first-order chi connectivity index (χ1) is 11.6. The van der Waals surface area contributed by atoms with Crippen LogP contribution in [-0.2, 0) is 13.6 Å². The molecule has 0 radical (unpaired) electrons. The van der Waals surface area contributed by atoms with Crippen LogP contribution < -0.4 is 20.1 Å². The van der Waals surface area contributed by atoms with Gasteiger partial charge in [0.15, 0.2) is 11.8 Å². The second-order valence-corrected chi connectivity index (χ2v) is 5.10. The van der Waals surface area contributed by atoms with Crippen LogP contribution in [0.4, 0.5) is 0 Å². The number of rotatable bonds is 7. The van der Waals surface area contributed by atoms with Gasteiger partial charge in [-0.25, -0.2) is 0 Å². The molecule has 0 saturated carbocycles. The van der Waals surface area contributed by atoms with E-state index < -0.39 is 0 Å². The van der Waals surface area contributed by atoms with Crippen molar-refractivity contribution in [3.05, 3.63) is 35.9 Å². The van der Waals surface area contributed by atoms with E-state index in [9.17, 15) is 0 Å². The summed E-state index contributed by atoms with van der Waals surface area (Å²) < 4.78 is 12.7. The minimum atomic E-state index is 0.524. The molecule has 2 N–H and O–H groups in total. The van der Waals surface area contributed by atoms with Gasteiger partial charge in [0.1, 0.15) is 23.9 Å². The highest BCUT2D eigenvalue weighted by Gasteiger charge is 2.05. The molecule has 1 aromatic carbocycles. The van der Waals surface area contributed by atoms with Crippen LogP contribution in [0.2, 0.25) is 0 Å². The Balaban J connectivity index is 1.70. The smallest absolute Gasteiger partial charge is 0.191 e. The lowest BCUT2D eigenvalue weighted by molar-refractivity contribution is 0.321. The third-order valence-corrected chi connectivity index (χ3v) is 3.54. The topological polar surface area (TPSA) is 85.6 Å². The van der Waals surface area contributed by atoms with Crippen molar-refractivity contribution in [2.75, 3.05) is 27.3 Å². The quantitative estimate of drug-likeness (QED) is 0.445. The van der Waals surface area contributed by atoms with Crippen LogP contribution in [0.5, 0.6) is 11.5 Å². The molecule has 130 valence electrons. The highest BCUT2D eigenvalue weighted by Crippen LogP contribution is 2.16. The third-order valence-electron chi connectivity index (χ3n) is 3.54. The summed E-state index contributed by atoms with van der Waals surface area (Å²) in [7, 11) is 5.30. The molecule has 0 aliphatic carbocycles. The number of aryl methyl sites for hydroxylation is 1. The lowest BCUT2D eigenvalue weighted by Crippen LogP contribution is -2.39. The van der Waals surface area contributed by atoms with Crippen LogP contribution in [0.3, 0.4) is 0 Å². The molecule has 0 amide bonds. The number of ether oxygens (including phenoxy) is 2. The van der Waals surface area contributed by atoms with Crippen molar-refractivity contribution in [2.24, 2.45) is 12.0 Å². The molecule has 0 bridgehead atoms. The highest BCUT2D eigenvalue weighted by molar-refractivity contribution is 5.79. The van der Waals surface area contributed by atoms with E-state index in [4.69, 9.17) is 9.47 Å². The van der Waals surface area contributed by atoms with Crippen LogP contribution in [0.1, 0.15) is 11.6 Å². The van der Waals surface area contributed by atoms with E-state index in [2.05, 4.69) is 25.8 Å². The number of nitrogens with one attached hydrogen (secondary N) is 2. The normalized spacial score (nSPS) is 11.2. The van der Waals surface area contributed by atoms with E-state index in [1.807, 2.05) is 42.8 Å². The van der Waals surface area contributed by atoms with Gasteiger partial charge in [-0.3, -0.25) is 4.99 Å². The predicted molar refractivity (Wildman–Crippen MR) is 92.4 cm³/mol. The van der Waals surface area contributed by atoms with Gasteiger partial charge in [-0.2, -0.15) is 0 Å². The van der Waals surface area contributed by atoms with Gasteiger partial charge < -0.3 is 24.7 Å². The zero-order valence-corrected chi connectivity index (χ0v) is 14.5. The molecule has 0 atom stereocenters. The molecule has 0 saturated heterocycles. The number of benzene rings is 1. The standard InChI is InChI=1S/C16H24N6O2/c1-12-20-21-15(22(12)3)11-19-16(17-2)18-9-10-24-14-7-5-13(23-4)6-8-14/h5-8H,9-11H2,1-4H3,(H2,17,18,19). The van der Waals surface area contributed by atoms with Gasteiger partial charge in [0.25, 0.3) is 0 Å². The Morgan fingerprint density at radius 3 is 2.46 bits per heavy atom. The molecular weight excluding hydrogens is 308 g/mol. The summed E-state index contributed by atoms with van der Waals surface area (Å²) in [6.45, 7) is 3.62. The Bertz CT molecular complexity index is 666. The van der Waals surface area contributed by atoms with Crippen molar-refractivity contribution >= 4 is 5.96 Å². The van der Waals surface area contributed by atoms with E-state index in [0.29, 0.717) is 25.7 Å². The lowest BCUT2D eigenvalue weighted by Gasteiger charge is -2.12. The maximum Gasteiger partial charge on any atom is 0.191 e. The van der Waals surface area contributed by atoms with Crippen LogP contribution in [-0.4, -0.2) is 48.0 Å². The summed E-state index contributed by atoms with van der Waals surface area (Å²) >= 11 is 0. The molecule has 0 fully saturated rings. The van der Waals surface area contributed by atoms with Crippen LogP contribution in [0, 0.1) is 6.92 Å². The van der Waals surface area contributed by atoms with E-state index >= 15 is 0 Å². The van der Waals surface area contributed by atoms with Gasteiger partial charge in [0.05, 0.1) is 20.2 Å². The van der Waals surface area contributed by atoms with E-state index in [0.717, 1.165) is 23.1 Å². The molecule has 0 aliphatic heterocycles. The summed E-state index contributed by atoms with van der Waals surface area (Å²) in [5.41, 5.74) is 0. The molecule has 1 aromatic heterocycles. The van der Waals surface area contributed by atoms with Crippen molar-refractivity contribution < 1.29 is 9.47 Å². The number of nitrogens with zero attached hydrogens (tertiary/aromatic N) is 4. The van der Waals surface area contributed by atoms with Crippen molar-refractivity contribution in [1.29, 1.82) is 0 Å². The molecule has 2 aromatic rings. The fourth-order valence-corrected chi connectivity index (χ4v) is 2.00. The zero-order valence-electron chi connectivity index (χ0n) is 14.5. The van der Waals surface area contributed by atoms with Crippen LogP contribution in [0.25, 0.3) is 0 Å². The summed E-state index contributed by atoms with van der Waals surface area (Å²) in [5.74, 6) is 4.03. The Hall–Kier alpha value is -2.77. The summed E-state index contributed by atoms with van der Waals surface area (Å²) in [5, 5.41) is 14.5. The fraction of sp³-hybridized carbons (Fsp3) is 0.438. The largest absolute Gasteiger partial charge is 0.497 e. The number of hydrogen-bond donors (Lipinski definition) is 2. The predicted octanol–water partition coefficient (Wildman–Crippen LogP) is 0.876. The Kier molecular flexibility index (Phi) is 6.41.